The zero-order valence-corrected chi connectivity index (χ0v) is 10.2. The predicted octanol–water partition coefficient (Wildman–Crippen LogP) is 3.17. The van der Waals surface area contributed by atoms with Gasteiger partial charge in [-0.2, -0.15) is 0 Å². The van der Waals surface area contributed by atoms with Crippen molar-refractivity contribution < 1.29 is 0 Å². The highest BCUT2D eigenvalue weighted by Gasteiger charge is 2.10. The van der Waals surface area contributed by atoms with Crippen molar-refractivity contribution >= 4 is 0 Å². The van der Waals surface area contributed by atoms with Crippen LogP contribution in [0.2, 0.25) is 0 Å². The Hall–Kier alpha value is -0.890. The second-order valence-electron chi connectivity index (χ2n) is 5.27. The lowest BCUT2D eigenvalue weighted by molar-refractivity contribution is 0.358. The van der Waals surface area contributed by atoms with Crippen LogP contribution >= 0.6 is 0 Å². The molecule has 15 heavy (non-hydrogen) atoms. The molecule has 1 aromatic heterocycles. The molecule has 0 fully saturated rings. The number of aromatic nitrogens is 1. The van der Waals surface area contributed by atoms with Gasteiger partial charge >= 0.3 is 0 Å². The molecule has 1 rings (SSSR count). The van der Waals surface area contributed by atoms with Gasteiger partial charge in [0.2, 0.25) is 0 Å². The van der Waals surface area contributed by atoms with Gasteiger partial charge < -0.3 is 5.32 Å². The van der Waals surface area contributed by atoms with E-state index in [1.54, 1.807) is 0 Å². The lowest BCUT2D eigenvalue weighted by atomic mass is 9.92. The standard InChI is InChI=1S/C13H22N2/c1-11(12-6-5-8-14-10-12)15-9-7-13(2,3)4/h5-6,8,10-11,15H,7,9H2,1-4H3/t11-/m0/s1. The van der Waals surface area contributed by atoms with Crippen molar-refractivity contribution in [2.75, 3.05) is 6.54 Å². The summed E-state index contributed by atoms with van der Waals surface area (Å²) in [5.41, 5.74) is 1.66. The zero-order valence-electron chi connectivity index (χ0n) is 10.2. The molecule has 0 bridgehead atoms. The molecule has 1 aromatic rings. The van der Waals surface area contributed by atoms with Crippen molar-refractivity contribution in [3.05, 3.63) is 30.1 Å². The summed E-state index contributed by atoms with van der Waals surface area (Å²) in [6.45, 7) is 10.0. The third-order valence-electron chi connectivity index (χ3n) is 2.51. The largest absolute Gasteiger partial charge is 0.310 e. The molecule has 84 valence electrons. The van der Waals surface area contributed by atoms with E-state index >= 15 is 0 Å². The molecule has 0 spiro atoms. The highest BCUT2D eigenvalue weighted by Crippen LogP contribution is 2.18. The smallest absolute Gasteiger partial charge is 0.0315 e. The maximum Gasteiger partial charge on any atom is 0.0315 e. The van der Waals surface area contributed by atoms with Crippen LogP contribution in [0.5, 0.6) is 0 Å². The molecule has 0 unspecified atom stereocenters. The van der Waals surface area contributed by atoms with E-state index < -0.39 is 0 Å². The van der Waals surface area contributed by atoms with Crippen molar-refractivity contribution in [3.8, 4) is 0 Å². The highest BCUT2D eigenvalue weighted by atomic mass is 14.9. The molecule has 0 radical (unpaired) electrons. The van der Waals surface area contributed by atoms with E-state index in [1.165, 1.54) is 12.0 Å². The first kappa shape index (κ1) is 12.2. The third-order valence-corrected chi connectivity index (χ3v) is 2.51. The second-order valence-corrected chi connectivity index (χ2v) is 5.27. The van der Waals surface area contributed by atoms with Crippen molar-refractivity contribution in [3.63, 3.8) is 0 Å². The van der Waals surface area contributed by atoms with E-state index in [1.807, 2.05) is 18.5 Å². The summed E-state index contributed by atoms with van der Waals surface area (Å²) < 4.78 is 0. The molecule has 0 aromatic carbocycles. The fourth-order valence-electron chi connectivity index (χ4n) is 1.41. The predicted molar refractivity (Wildman–Crippen MR) is 64.7 cm³/mol. The van der Waals surface area contributed by atoms with Crippen LogP contribution in [0.1, 0.15) is 45.7 Å². The van der Waals surface area contributed by atoms with Crippen LogP contribution in [0.4, 0.5) is 0 Å². The lowest BCUT2D eigenvalue weighted by Gasteiger charge is -2.20. The van der Waals surface area contributed by atoms with Crippen LogP contribution in [0.15, 0.2) is 24.5 Å². The van der Waals surface area contributed by atoms with Crippen LogP contribution < -0.4 is 5.32 Å². The van der Waals surface area contributed by atoms with E-state index in [9.17, 15) is 0 Å². The molecule has 0 saturated heterocycles. The molecule has 1 heterocycles. The molecular weight excluding hydrogens is 184 g/mol. The van der Waals surface area contributed by atoms with Gasteiger partial charge in [-0.1, -0.05) is 26.8 Å². The fourth-order valence-corrected chi connectivity index (χ4v) is 1.41. The first-order valence-electron chi connectivity index (χ1n) is 5.62. The van der Waals surface area contributed by atoms with Crippen LogP contribution in [0, 0.1) is 5.41 Å². The normalized spacial score (nSPS) is 13.9. The zero-order chi connectivity index (χ0) is 11.3. The SMILES string of the molecule is C[C@H](NCCC(C)(C)C)c1cccnc1. The third kappa shape index (κ3) is 4.93. The Balaban J connectivity index is 2.34. The highest BCUT2D eigenvalue weighted by molar-refractivity contribution is 5.12. The Labute approximate surface area is 93.1 Å². The summed E-state index contributed by atoms with van der Waals surface area (Å²) >= 11 is 0. The minimum atomic E-state index is 0.390. The van der Waals surface area contributed by atoms with Gasteiger partial charge in [0, 0.05) is 18.4 Å². The van der Waals surface area contributed by atoms with Gasteiger partial charge in [0.1, 0.15) is 0 Å². The minimum absolute atomic E-state index is 0.390. The maximum absolute atomic E-state index is 4.12. The van der Waals surface area contributed by atoms with Gasteiger partial charge in [0.25, 0.3) is 0 Å². The summed E-state index contributed by atoms with van der Waals surface area (Å²) in [4.78, 5) is 4.12. The Morgan fingerprint density at radius 1 is 1.40 bits per heavy atom. The average Bonchev–Trinajstić information content (AvgIpc) is 2.17. The van der Waals surface area contributed by atoms with Crippen molar-refractivity contribution in [2.45, 2.75) is 40.2 Å². The minimum Gasteiger partial charge on any atom is -0.310 e. The first-order valence-corrected chi connectivity index (χ1v) is 5.62. The molecule has 0 saturated carbocycles. The van der Waals surface area contributed by atoms with Gasteiger partial charge in [-0.15, -0.1) is 0 Å². The van der Waals surface area contributed by atoms with Crippen molar-refractivity contribution in [2.24, 2.45) is 5.41 Å². The van der Waals surface area contributed by atoms with E-state index in [4.69, 9.17) is 0 Å². The van der Waals surface area contributed by atoms with Crippen LogP contribution in [0.3, 0.4) is 0 Å². The quantitative estimate of drug-likeness (QED) is 0.818. The summed E-state index contributed by atoms with van der Waals surface area (Å²) in [5.74, 6) is 0. The fraction of sp³-hybridized carbons (Fsp3) is 0.615. The molecule has 1 N–H and O–H groups in total. The number of rotatable bonds is 4. The number of hydrogen-bond acceptors (Lipinski definition) is 2. The van der Waals surface area contributed by atoms with Gasteiger partial charge in [0.05, 0.1) is 0 Å². The molecule has 1 atom stereocenters. The topological polar surface area (TPSA) is 24.9 Å². The monoisotopic (exact) mass is 206 g/mol. The Kier molecular flexibility index (Phi) is 4.28. The van der Waals surface area contributed by atoms with Crippen LogP contribution in [-0.2, 0) is 0 Å². The van der Waals surface area contributed by atoms with E-state index in [0.717, 1.165) is 6.54 Å². The summed E-state index contributed by atoms with van der Waals surface area (Å²) in [6, 6.07) is 4.49. The number of pyridine rings is 1. The van der Waals surface area contributed by atoms with Crippen LogP contribution in [0.25, 0.3) is 0 Å². The molecule has 2 heteroatoms. The van der Waals surface area contributed by atoms with Crippen molar-refractivity contribution in [1.82, 2.24) is 10.3 Å². The molecule has 2 nitrogen and oxygen atoms in total. The van der Waals surface area contributed by atoms with Crippen LogP contribution in [-0.4, -0.2) is 11.5 Å². The molecule has 0 aliphatic carbocycles. The molecule has 0 amide bonds. The van der Waals surface area contributed by atoms with E-state index in [0.29, 0.717) is 11.5 Å². The van der Waals surface area contributed by atoms with Crippen molar-refractivity contribution in [1.29, 1.82) is 0 Å². The summed E-state index contributed by atoms with van der Waals surface area (Å²) in [6.07, 6.45) is 4.93. The lowest BCUT2D eigenvalue weighted by Crippen LogP contribution is -2.23. The van der Waals surface area contributed by atoms with Gasteiger partial charge in [-0.25, -0.2) is 0 Å². The van der Waals surface area contributed by atoms with Gasteiger partial charge in [0.15, 0.2) is 0 Å². The number of hydrogen-bond donors (Lipinski definition) is 1. The Morgan fingerprint density at radius 2 is 2.13 bits per heavy atom. The molecule has 0 aliphatic heterocycles. The Morgan fingerprint density at radius 3 is 2.67 bits per heavy atom. The molecular formula is C13H22N2. The number of nitrogens with one attached hydrogen (secondary N) is 1. The summed E-state index contributed by atoms with van der Waals surface area (Å²) in [7, 11) is 0. The van der Waals surface area contributed by atoms with Gasteiger partial charge in [-0.05, 0) is 36.9 Å². The number of nitrogens with zero attached hydrogens (tertiary/aromatic N) is 1. The van der Waals surface area contributed by atoms with E-state index in [-0.39, 0.29) is 0 Å². The second kappa shape index (κ2) is 5.26. The van der Waals surface area contributed by atoms with E-state index in [2.05, 4.69) is 44.1 Å². The average molecular weight is 206 g/mol. The Bertz CT molecular complexity index is 274. The summed E-state index contributed by atoms with van der Waals surface area (Å²) in [5, 5.41) is 3.52. The first-order chi connectivity index (χ1) is 6.99. The van der Waals surface area contributed by atoms with Gasteiger partial charge in [-0.3, -0.25) is 4.98 Å². The molecule has 0 aliphatic rings. The maximum atomic E-state index is 4.12.